The van der Waals surface area contributed by atoms with Gasteiger partial charge in [0.1, 0.15) is 5.56 Å². The molecule has 0 saturated heterocycles. The number of aliphatic imine (C=N–C) groups is 1. The number of carboxylic acid groups (broad SMARTS) is 1. The lowest BCUT2D eigenvalue weighted by atomic mass is 10.2. The zero-order valence-electron chi connectivity index (χ0n) is 9.77. The van der Waals surface area contributed by atoms with Crippen LogP contribution in [0.2, 0.25) is 0 Å². The normalized spacial score (nSPS) is 13.5. The number of carbonyl (C=O) groups is 1. The van der Waals surface area contributed by atoms with Gasteiger partial charge in [-0.1, -0.05) is 0 Å². The van der Waals surface area contributed by atoms with Crippen LogP contribution < -0.4 is 5.73 Å². The van der Waals surface area contributed by atoms with Gasteiger partial charge in [0, 0.05) is 12.4 Å². The lowest BCUT2D eigenvalue weighted by molar-refractivity contribution is -0.137. The van der Waals surface area contributed by atoms with Crippen LogP contribution in [0, 0.1) is 0 Å². The fourth-order valence-corrected chi connectivity index (χ4v) is 1.27. The predicted molar refractivity (Wildman–Crippen MR) is 61.9 cm³/mol. The van der Waals surface area contributed by atoms with Crippen molar-refractivity contribution in [2.24, 2.45) is 10.7 Å². The number of aliphatic carboxylic acids is 1. The van der Waals surface area contributed by atoms with Gasteiger partial charge < -0.3 is 10.8 Å². The maximum Gasteiger partial charge on any atom is 0.420 e. The van der Waals surface area contributed by atoms with Crippen molar-refractivity contribution >= 4 is 17.5 Å². The predicted octanol–water partition coefficient (Wildman–Crippen LogP) is 2.12. The van der Waals surface area contributed by atoms with Crippen LogP contribution in [0.25, 0.3) is 0 Å². The lowest BCUT2D eigenvalue weighted by Crippen LogP contribution is -2.12. The molecule has 0 bridgehead atoms. The molecule has 3 N–H and O–H groups in total. The Morgan fingerprint density at radius 1 is 1.53 bits per heavy atom. The largest absolute Gasteiger partial charge is 0.478 e. The molecule has 0 fully saturated rings. The molecule has 5 nitrogen and oxygen atoms in total. The molecule has 0 amide bonds. The summed E-state index contributed by atoms with van der Waals surface area (Å²) in [5.41, 5.74) is 3.48. The second-order valence-corrected chi connectivity index (χ2v) is 3.46. The van der Waals surface area contributed by atoms with E-state index in [4.69, 9.17) is 10.8 Å². The van der Waals surface area contributed by atoms with Gasteiger partial charge in [-0.25, -0.2) is 14.8 Å². The molecule has 1 aromatic rings. The summed E-state index contributed by atoms with van der Waals surface area (Å²) in [7, 11) is 0. The van der Waals surface area contributed by atoms with E-state index in [1.54, 1.807) is 0 Å². The number of pyridine rings is 1. The Balaban J connectivity index is 3.30. The Bertz CT molecular complexity index is 550. The zero-order valence-corrected chi connectivity index (χ0v) is 9.77. The van der Waals surface area contributed by atoms with Crippen molar-refractivity contribution in [2.45, 2.75) is 13.1 Å². The highest BCUT2D eigenvalue weighted by molar-refractivity contribution is 6.18. The number of aromatic nitrogens is 1. The number of rotatable bonds is 3. The van der Waals surface area contributed by atoms with E-state index >= 15 is 0 Å². The summed E-state index contributed by atoms with van der Waals surface area (Å²) >= 11 is 0. The topological polar surface area (TPSA) is 88.6 Å². The van der Waals surface area contributed by atoms with Gasteiger partial charge in [-0.05, 0) is 19.1 Å². The molecular weight excluding hydrogens is 263 g/mol. The van der Waals surface area contributed by atoms with E-state index in [1.165, 1.54) is 6.92 Å². The molecule has 0 aliphatic heterocycles. The van der Waals surface area contributed by atoms with Crippen LogP contribution in [-0.4, -0.2) is 21.8 Å². The maximum atomic E-state index is 12.7. The molecule has 102 valence electrons. The molecule has 1 aromatic heterocycles. The Kier molecular flexibility index (Phi) is 4.26. The highest BCUT2D eigenvalue weighted by Crippen LogP contribution is 2.34. The minimum Gasteiger partial charge on any atom is -0.478 e. The molecular formula is C11H10F3N3O2. The van der Waals surface area contributed by atoms with Crippen LogP contribution in [0.4, 0.5) is 19.0 Å². The first-order valence-electron chi connectivity index (χ1n) is 5.00. The number of nitrogens with zero attached hydrogens (tertiary/aromatic N) is 2. The number of hydrogen-bond donors (Lipinski definition) is 2. The molecule has 19 heavy (non-hydrogen) atoms. The summed E-state index contributed by atoms with van der Waals surface area (Å²) in [6, 6.07) is 1.93. The van der Waals surface area contributed by atoms with Gasteiger partial charge in [0.05, 0.1) is 11.3 Å². The number of hydrogen-bond acceptors (Lipinski definition) is 4. The minimum atomic E-state index is -4.62. The first-order valence-corrected chi connectivity index (χ1v) is 5.00. The molecule has 0 aliphatic rings. The monoisotopic (exact) mass is 273 g/mol. The van der Waals surface area contributed by atoms with E-state index in [0.29, 0.717) is 0 Å². The van der Waals surface area contributed by atoms with Crippen LogP contribution in [0.5, 0.6) is 0 Å². The van der Waals surface area contributed by atoms with Crippen LogP contribution in [0.15, 0.2) is 35.1 Å². The van der Waals surface area contributed by atoms with Crippen molar-refractivity contribution in [3.8, 4) is 0 Å². The van der Waals surface area contributed by atoms with E-state index < -0.39 is 29.1 Å². The average Bonchev–Trinajstić information content (AvgIpc) is 2.28. The molecule has 0 unspecified atom stereocenters. The van der Waals surface area contributed by atoms with Gasteiger partial charge in [-0.15, -0.1) is 0 Å². The summed E-state index contributed by atoms with van der Waals surface area (Å²) in [5, 5.41) is 8.78. The molecule has 1 rings (SSSR count). The van der Waals surface area contributed by atoms with Crippen LogP contribution in [-0.2, 0) is 11.0 Å². The van der Waals surface area contributed by atoms with E-state index in [0.717, 1.165) is 24.5 Å². The highest BCUT2D eigenvalue weighted by atomic mass is 19.4. The first-order chi connectivity index (χ1) is 8.77. The summed E-state index contributed by atoms with van der Waals surface area (Å²) in [6.07, 6.45) is -2.73. The third-order valence-electron chi connectivity index (χ3n) is 2.15. The first kappa shape index (κ1) is 14.7. The van der Waals surface area contributed by atoms with Crippen molar-refractivity contribution in [1.29, 1.82) is 0 Å². The van der Waals surface area contributed by atoms with Crippen molar-refractivity contribution in [3.63, 3.8) is 0 Å². The molecule has 1 heterocycles. The van der Waals surface area contributed by atoms with Gasteiger partial charge in [-0.2, -0.15) is 13.2 Å². The molecule has 8 heteroatoms. The number of nitrogens with two attached hydrogens (primary N) is 1. The van der Waals surface area contributed by atoms with E-state index in [9.17, 15) is 18.0 Å². The van der Waals surface area contributed by atoms with E-state index in [-0.39, 0.29) is 5.71 Å². The fraction of sp³-hybridized carbons (Fsp3) is 0.182. The lowest BCUT2D eigenvalue weighted by Gasteiger charge is -2.09. The van der Waals surface area contributed by atoms with Gasteiger partial charge in [0.2, 0.25) is 0 Å². The van der Waals surface area contributed by atoms with E-state index in [2.05, 4.69) is 9.98 Å². The van der Waals surface area contributed by atoms with Crippen molar-refractivity contribution in [2.75, 3.05) is 0 Å². The molecule has 0 saturated carbocycles. The molecule has 0 aliphatic carbocycles. The van der Waals surface area contributed by atoms with Crippen LogP contribution >= 0.6 is 0 Å². The SMILES string of the molecule is CC(=Nc1ncccc1C(F)(F)F)C(=CN)C(=O)O. The highest BCUT2D eigenvalue weighted by Gasteiger charge is 2.34. The summed E-state index contributed by atoms with van der Waals surface area (Å²) < 4.78 is 38.0. The quantitative estimate of drug-likeness (QED) is 0.652. The fourth-order valence-electron chi connectivity index (χ4n) is 1.27. The van der Waals surface area contributed by atoms with Crippen LogP contribution in [0.1, 0.15) is 12.5 Å². The number of carboxylic acids is 1. The van der Waals surface area contributed by atoms with Gasteiger partial charge in [0.15, 0.2) is 5.82 Å². The molecule has 0 spiro atoms. The molecule has 0 radical (unpaired) electrons. The van der Waals surface area contributed by atoms with Gasteiger partial charge in [0.25, 0.3) is 0 Å². The zero-order chi connectivity index (χ0) is 14.6. The summed E-state index contributed by atoms with van der Waals surface area (Å²) in [5.74, 6) is -1.98. The Morgan fingerprint density at radius 2 is 2.16 bits per heavy atom. The second kappa shape index (κ2) is 5.51. The van der Waals surface area contributed by atoms with Crippen molar-refractivity contribution in [1.82, 2.24) is 4.98 Å². The second-order valence-electron chi connectivity index (χ2n) is 3.46. The van der Waals surface area contributed by atoms with Gasteiger partial charge in [-0.3, -0.25) is 0 Å². The Morgan fingerprint density at radius 3 is 2.63 bits per heavy atom. The smallest absolute Gasteiger partial charge is 0.420 e. The Hall–Kier alpha value is -2.38. The minimum absolute atomic E-state index is 0.167. The molecule has 0 atom stereocenters. The Labute approximate surface area is 106 Å². The summed E-state index contributed by atoms with van der Waals surface area (Å²) in [4.78, 5) is 17.8. The number of halogens is 3. The van der Waals surface area contributed by atoms with Crippen molar-refractivity contribution in [3.05, 3.63) is 35.7 Å². The number of alkyl halides is 3. The van der Waals surface area contributed by atoms with Crippen molar-refractivity contribution < 1.29 is 23.1 Å². The average molecular weight is 273 g/mol. The molecule has 0 aromatic carbocycles. The summed E-state index contributed by atoms with van der Waals surface area (Å²) in [6.45, 7) is 1.24. The van der Waals surface area contributed by atoms with Gasteiger partial charge >= 0.3 is 12.1 Å². The third kappa shape index (κ3) is 3.54. The van der Waals surface area contributed by atoms with E-state index in [1.807, 2.05) is 0 Å². The van der Waals surface area contributed by atoms with Crippen LogP contribution in [0.3, 0.4) is 0 Å². The standard InChI is InChI=1S/C11H10F3N3O2/c1-6(7(5-15)10(18)19)17-9-8(11(12,13)14)3-2-4-16-9/h2-5H,15H2,1H3,(H,18,19). The maximum absolute atomic E-state index is 12.7. The third-order valence-corrected chi connectivity index (χ3v) is 2.15.